The lowest BCUT2D eigenvalue weighted by atomic mass is 10.1. The van der Waals surface area contributed by atoms with Crippen LogP contribution in [0.5, 0.6) is 0 Å². The number of aromatic nitrogens is 2. The summed E-state index contributed by atoms with van der Waals surface area (Å²) in [7, 11) is 1.75. The molecule has 0 spiro atoms. The minimum Gasteiger partial charge on any atom is -0.457 e. The van der Waals surface area contributed by atoms with Crippen molar-refractivity contribution in [1.29, 1.82) is 0 Å². The lowest BCUT2D eigenvalue weighted by molar-refractivity contribution is 0.0122. The van der Waals surface area contributed by atoms with Gasteiger partial charge in [-0.15, -0.1) is 0 Å². The van der Waals surface area contributed by atoms with Gasteiger partial charge in [0.05, 0.1) is 17.8 Å². The molecule has 0 saturated heterocycles. The maximum absolute atomic E-state index is 12.3. The molecule has 1 aliphatic rings. The Labute approximate surface area is 142 Å². The van der Waals surface area contributed by atoms with Crippen molar-refractivity contribution in [3.05, 3.63) is 18.0 Å². The van der Waals surface area contributed by atoms with Crippen molar-refractivity contribution in [1.82, 2.24) is 15.1 Å². The van der Waals surface area contributed by atoms with Gasteiger partial charge >= 0.3 is 12.1 Å². The lowest BCUT2D eigenvalue weighted by Crippen LogP contribution is -2.46. The second-order valence-electron chi connectivity index (χ2n) is 7.24. The molecule has 7 heteroatoms. The van der Waals surface area contributed by atoms with Crippen molar-refractivity contribution in [2.45, 2.75) is 70.6 Å². The number of hydrogen-bond acceptors (Lipinski definition) is 5. The van der Waals surface area contributed by atoms with Gasteiger partial charge in [0.25, 0.3) is 0 Å². The second-order valence-corrected chi connectivity index (χ2v) is 7.24. The molecule has 24 heavy (non-hydrogen) atoms. The summed E-state index contributed by atoms with van der Waals surface area (Å²) in [6.07, 6.45) is 6.79. The van der Waals surface area contributed by atoms with E-state index in [1.54, 1.807) is 17.9 Å². The molecule has 0 radical (unpaired) electrons. The number of carbonyl (C=O) groups is 2. The van der Waals surface area contributed by atoms with Gasteiger partial charge in [-0.2, -0.15) is 5.10 Å². The number of nitrogens with one attached hydrogen (secondary N) is 1. The van der Waals surface area contributed by atoms with E-state index < -0.39 is 17.7 Å². The highest BCUT2D eigenvalue weighted by Gasteiger charge is 2.30. The summed E-state index contributed by atoms with van der Waals surface area (Å²) in [5, 5.41) is 6.85. The Hall–Kier alpha value is -2.05. The highest BCUT2D eigenvalue weighted by atomic mass is 16.6. The Kier molecular flexibility index (Phi) is 5.85. The maximum atomic E-state index is 12.3. The van der Waals surface area contributed by atoms with Crippen LogP contribution in [0, 0.1) is 0 Å². The van der Waals surface area contributed by atoms with Gasteiger partial charge < -0.3 is 14.8 Å². The standard InChI is InChI=1S/C17H27N3O4/c1-17(2,3)24-16(22)19-13-8-6-5-7-9-14(13)23-15(21)12-10-18-20(4)11-12/h10-11,13-14H,5-9H2,1-4H3,(H,19,22)/t13-,14+/m1/s1. The summed E-state index contributed by atoms with van der Waals surface area (Å²) in [6.45, 7) is 5.46. The number of nitrogens with zero attached hydrogens (tertiary/aromatic N) is 2. The third-order valence-electron chi connectivity index (χ3n) is 3.85. The molecule has 1 heterocycles. The minimum atomic E-state index is -0.559. The van der Waals surface area contributed by atoms with Gasteiger partial charge in [-0.05, 0) is 40.0 Å². The molecule has 2 atom stereocenters. The number of aryl methyl sites for hydroxylation is 1. The van der Waals surface area contributed by atoms with Crippen molar-refractivity contribution in [3.63, 3.8) is 0 Å². The van der Waals surface area contributed by atoms with Gasteiger partial charge in [0.2, 0.25) is 0 Å². The van der Waals surface area contributed by atoms with Crippen LogP contribution >= 0.6 is 0 Å². The van der Waals surface area contributed by atoms with Gasteiger partial charge in [0.15, 0.2) is 0 Å². The number of rotatable bonds is 3. The number of hydrogen-bond donors (Lipinski definition) is 1. The van der Waals surface area contributed by atoms with Crippen LogP contribution in [0.1, 0.15) is 63.2 Å². The first-order chi connectivity index (χ1) is 11.2. The van der Waals surface area contributed by atoms with E-state index in [1.807, 2.05) is 20.8 Å². The van der Waals surface area contributed by atoms with Crippen molar-refractivity contribution in [3.8, 4) is 0 Å². The second kappa shape index (κ2) is 7.68. The highest BCUT2D eigenvalue weighted by Crippen LogP contribution is 2.22. The summed E-state index contributed by atoms with van der Waals surface area (Å²) in [4.78, 5) is 24.3. The summed E-state index contributed by atoms with van der Waals surface area (Å²) in [5.41, 5.74) is -0.144. The van der Waals surface area contributed by atoms with E-state index in [-0.39, 0.29) is 12.1 Å². The molecule has 1 aliphatic carbocycles. The normalized spacial score (nSPS) is 21.7. The van der Waals surface area contributed by atoms with Gasteiger partial charge in [-0.3, -0.25) is 4.68 Å². The SMILES string of the molecule is Cn1cc(C(=O)O[C@H]2CCCCC[C@H]2NC(=O)OC(C)(C)C)cn1. The Morgan fingerprint density at radius 1 is 1.25 bits per heavy atom. The van der Waals surface area contributed by atoms with Crippen molar-refractivity contribution in [2.75, 3.05) is 0 Å². The minimum absolute atomic E-state index is 0.233. The lowest BCUT2D eigenvalue weighted by Gasteiger charge is -2.27. The number of alkyl carbamates (subject to hydrolysis) is 1. The molecular formula is C17H27N3O4. The zero-order valence-corrected chi connectivity index (χ0v) is 14.9. The van der Waals surface area contributed by atoms with Crippen LogP contribution in [0.3, 0.4) is 0 Å². The molecule has 1 aromatic rings. The van der Waals surface area contributed by atoms with Crippen LogP contribution in [-0.2, 0) is 16.5 Å². The predicted octanol–water partition coefficient (Wildman–Crippen LogP) is 2.80. The molecule has 0 bridgehead atoms. The average molecular weight is 337 g/mol. The third-order valence-corrected chi connectivity index (χ3v) is 3.85. The van der Waals surface area contributed by atoms with Crippen LogP contribution in [0.15, 0.2) is 12.4 Å². The predicted molar refractivity (Wildman–Crippen MR) is 88.7 cm³/mol. The van der Waals surface area contributed by atoms with Gasteiger partial charge in [-0.25, -0.2) is 9.59 Å². The molecular weight excluding hydrogens is 310 g/mol. The van der Waals surface area contributed by atoms with Crippen molar-refractivity contribution < 1.29 is 19.1 Å². The quantitative estimate of drug-likeness (QED) is 0.677. The molecule has 0 unspecified atom stereocenters. The van der Waals surface area contributed by atoms with E-state index >= 15 is 0 Å². The van der Waals surface area contributed by atoms with E-state index in [1.165, 1.54) is 6.20 Å². The number of amides is 1. The van der Waals surface area contributed by atoms with Gasteiger partial charge in [0.1, 0.15) is 11.7 Å². The van der Waals surface area contributed by atoms with Gasteiger partial charge in [-0.1, -0.05) is 12.8 Å². The van der Waals surface area contributed by atoms with E-state index in [0.29, 0.717) is 5.56 Å². The summed E-state index contributed by atoms with van der Waals surface area (Å²) in [5.74, 6) is -0.411. The largest absolute Gasteiger partial charge is 0.457 e. The topological polar surface area (TPSA) is 82.5 Å². The molecule has 1 N–H and O–H groups in total. The molecule has 2 rings (SSSR count). The van der Waals surface area contributed by atoms with E-state index in [9.17, 15) is 9.59 Å². The third kappa shape index (κ3) is 5.54. The van der Waals surface area contributed by atoms with E-state index in [2.05, 4.69) is 10.4 Å². The summed E-state index contributed by atoms with van der Waals surface area (Å²) >= 11 is 0. The zero-order valence-electron chi connectivity index (χ0n) is 14.9. The molecule has 7 nitrogen and oxygen atoms in total. The Morgan fingerprint density at radius 3 is 2.58 bits per heavy atom. The van der Waals surface area contributed by atoms with Gasteiger partial charge in [0, 0.05) is 13.2 Å². The molecule has 1 aromatic heterocycles. The van der Waals surface area contributed by atoms with Crippen LogP contribution in [0.2, 0.25) is 0 Å². The van der Waals surface area contributed by atoms with Crippen LogP contribution in [-0.4, -0.2) is 39.6 Å². The molecule has 1 amide bonds. The molecule has 1 fully saturated rings. The molecule has 0 aromatic carbocycles. The fourth-order valence-electron chi connectivity index (χ4n) is 2.77. The van der Waals surface area contributed by atoms with Crippen LogP contribution < -0.4 is 5.32 Å². The molecule has 1 saturated carbocycles. The summed E-state index contributed by atoms with van der Waals surface area (Å²) in [6, 6.07) is -0.233. The summed E-state index contributed by atoms with van der Waals surface area (Å²) < 4.78 is 12.5. The van der Waals surface area contributed by atoms with Crippen molar-refractivity contribution in [2.24, 2.45) is 7.05 Å². The number of esters is 1. The first kappa shape index (κ1) is 18.3. The monoisotopic (exact) mass is 337 g/mol. The van der Waals surface area contributed by atoms with Crippen LogP contribution in [0.4, 0.5) is 4.79 Å². The molecule has 0 aliphatic heterocycles. The average Bonchev–Trinajstić information content (AvgIpc) is 2.78. The van der Waals surface area contributed by atoms with E-state index in [4.69, 9.17) is 9.47 Å². The fourth-order valence-corrected chi connectivity index (χ4v) is 2.77. The fraction of sp³-hybridized carbons (Fsp3) is 0.706. The van der Waals surface area contributed by atoms with Crippen LogP contribution in [0.25, 0.3) is 0 Å². The smallest absolute Gasteiger partial charge is 0.408 e. The first-order valence-electron chi connectivity index (χ1n) is 8.44. The molecule has 134 valence electrons. The van der Waals surface area contributed by atoms with Crippen molar-refractivity contribution >= 4 is 12.1 Å². The zero-order chi connectivity index (χ0) is 17.7. The highest BCUT2D eigenvalue weighted by molar-refractivity contribution is 5.88. The Balaban J connectivity index is 2.00. The van der Waals surface area contributed by atoms with E-state index in [0.717, 1.165) is 32.1 Å². The first-order valence-corrected chi connectivity index (χ1v) is 8.44. The maximum Gasteiger partial charge on any atom is 0.408 e. The Morgan fingerprint density at radius 2 is 1.96 bits per heavy atom. The Bertz CT molecular complexity index is 577. The number of carbonyl (C=O) groups excluding carboxylic acids is 2. The number of ether oxygens (including phenoxy) is 2.